The van der Waals surface area contributed by atoms with Crippen molar-refractivity contribution >= 4 is 27.3 Å². The molecule has 1 aliphatic carbocycles. The van der Waals surface area contributed by atoms with E-state index in [4.69, 9.17) is 0 Å². The van der Waals surface area contributed by atoms with Crippen molar-refractivity contribution in [3.8, 4) is 0 Å². The van der Waals surface area contributed by atoms with E-state index in [1.54, 1.807) is 22.6 Å². The minimum absolute atomic E-state index is 0.149. The molecular weight excluding hydrogens is 335 g/mol. The van der Waals surface area contributed by atoms with E-state index in [2.05, 4.69) is 22.0 Å². The molecule has 1 unspecified atom stereocenters. The number of hydrogen-bond donors (Lipinski definition) is 0. The summed E-state index contributed by atoms with van der Waals surface area (Å²) in [5.41, 5.74) is 2.60. The molecule has 3 rings (SSSR count). The van der Waals surface area contributed by atoms with E-state index in [9.17, 15) is 4.39 Å². The van der Waals surface area contributed by atoms with Crippen LogP contribution >= 0.6 is 27.3 Å². The Hall–Kier alpha value is -0.670. The summed E-state index contributed by atoms with van der Waals surface area (Å²) >= 11 is 5.72. The lowest BCUT2D eigenvalue weighted by molar-refractivity contribution is 0.625. The third-order valence-electron chi connectivity index (χ3n) is 3.88. The van der Waals surface area contributed by atoms with Gasteiger partial charge in [-0.25, -0.2) is 4.39 Å². The Labute approximate surface area is 132 Å². The maximum Gasteiger partial charge on any atom is 0.123 e. The second-order valence-corrected chi connectivity index (χ2v) is 7.73. The molecule has 0 saturated carbocycles. The van der Waals surface area contributed by atoms with Crippen molar-refractivity contribution < 1.29 is 4.39 Å². The molecule has 0 radical (unpaired) electrons. The predicted octanol–water partition coefficient (Wildman–Crippen LogP) is 5.83. The highest BCUT2D eigenvalue weighted by Gasteiger charge is 2.17. The maximum atomic E-state index is 13.2. The summed E-state index contributed by atoms with van der Waals surface area (Å²) in [5.74, 6) is -0.149. The summed E-state index contributed by atoms with van der Waals surface area (Å²) in [4.78, 5) is 3.25. The number of fused-ring (bicyclic) bond motifs is 1. The highest BCUT2D eigenvalue weighted by atomic mass is 79.9. The van der Waals surface area contributed by atoms with Gasteiger partial charge in [-0.1, -0.05) is 34.5 Å². The Morgan fingerprint density at radius 3 is 2.85 bits per heavy atom. The number of alkyl halides is 1. The van der Waals surface area contributed by atoms with Crippen LogP contribution in [0.25, 0.3) is 0 Å². The lowest BCUT2D eigenvalue weighted by Crippen LogP contribution is -1.93. The number of thiophene rings is 1. The van der Waals surface area contributed by atoms with E-state index >= 15 is 0 Å². The van der Waals surface area contributed by atoms with E-state index in [1.807, 2.05) is 17.4 Å². The largest absolute Gasteiger partial charge is 0.207 e. The van der Waals surface area contributed by atoms with Gasteiger partial charge in [0.2, 0.25) is 0 Å². The Kier molecular flexibility index (Phi) is 4.57. The molecule has 2 aromatic rings. The number of hydrogen-bond acceptors (Lipinski definition) is 1. The van der Waals surface area contributed by atoms with Gasteiger partial charge in [-0.3, -0.25) is 0 Å². The van der Waals surface area contributed by atoms with Gasteiger partial charge in [0.15, 0.2) is 0 Å². The third-order valence-corrected chi connectivity index (χ3v) is 6.35. The second kappa shape index (κ2) is 6.40. The Morgan fingerprint density at radius 2 is 2.00 bits per heavy atom. The van der Waals surface area contributed by atoms with Crippen LogP contribution in [0.15, 0.2) is 30.3 Å². The summed E-state index contributed by atoms with van der Waals surface area (Å²) < 4.78 is 13.2. The normalized spacial score (nSPS) is 16.5. The van der Waals surface area contributed by atoms with E-state index in [0.29, 0.717) is 4.83 Å². The molecule has 0 saturated heterocycles. The maximum absolute atomic E-state index is 13.2. The van der Waals surface area contributed by atoms with Gasteiger partial charge in [-0.05, 0) is 61.4 Å². The fourth-order valence-corrected chi connectivity index (χ4v) is 4.84. The van der Waals surface area contributed by atoms with Gasteiger partial charge in [0.25, 0.3) is 0 Å². The average molecular weight is 353 g/mol. The second-order valence-electron chi connectivity index (χ2n) is 5.46. The number of aryl methyl sites for hydroxylation is 2. The van der Waals surface area contributed by atoms with Crippen LogP contribution in [0.4, 0.5) is 4.39 Å². The quantitative estimate of drug-likeness (QED) is 0.481. The van der Waals surface area contributed by atoms with Crippen molar-refractivity contribution in [2.75, 3.05) is 0 Å². The van der Waals surface area contributed by atoms with Crippen LogP contribution in [0.2, 0.25) is 0 Å². The van der Waals surface area contributed by atoms with E-state index in [0.717, 1.165) is 12.0 Å². The molecule has 0 bridgehead atoms. The molecule has 0 fully saturated rings. The van der Waals surface area contributed by atoms with Crippen molar-refractivity contribution in [2.45, 2.75) is 43.4 Å². The summed E-state index contributed by atoms with van der Waals surface area (Å²) in [6.45, 7) is 0. The molecule has 0 spiro atoms. The summed E-state index contributed by atoms with van der Waals surface area (Å²) in [6, 6.07) is 9.28. The molecule has 106 valence electrons. The van der Waals surface area contributed by atoms with E-state index in [-0.39, 0.29) is 5.82 Å². The average Bonchev–Trinajstić information content (AvgIpc) is 2.70. The molecule has 3 heteroatoms. The molecule has 1 aromatic carbocycles. The standard InChI is InChI=1S/C17H18BrFS/c18-15(10-12-5-4-7-14(19)9-12)17-11-13-6-2-1-3-8-16(13)20-17/h4-5,7,9,11,15H,1-3,6,8,10H2. The van der Waals surface area contributed by atoms with Crippen molar-refractivity contribution in [3.05, 3.63) is 57.0 Å². The minimum Gasteiger partial charge on any atom is -0.207 e. The van der Waals surface area contributed by atoms with E-state index < -0.39 is 0 Å². The van der Waals surface area contributed by atoms with Crippen LogP contribution < -0.4 is 0 Å². The number of rotatable bonds is 3. The zero-order valence-electron chi connectivity index (χ0n) is 11.4. The monoisotopic (exact) mass is 352 g/mol. The van der Waals surface area contributed by atoms with Crippen LogP contribution in [-0.2, 0) is 19.3 Å². The van der Waals surface area contributed by atoms with Gasteiger partial charge < -0.3 is 0 Å². The van der Waals surface area contributed by atoms with Crippen LogP contribution in [-0.4, -0.2) is 0 Å². The lowest BCUT2D eigenvalue weighted by atomic mass is 10.1. The molecule has 1 heterocycles. The van der Waals surface area contributed by atoms with Crippen LogP contribution in [0.3, 0.4) is 0 Å². The van der Waals surface area contributed by atoms with Gasteiger partial charge in [0, 0.05) is 9.75 Å². The van der Waals surface area contributed by atoms with Crippen LogP contribution in [0.1, 0.15) is 45.0 Å². The fraction of sp³-hybridized carbons (Fsp3) is 0.412. The van der Waals surface area contributed by atoms with Gasteiger partial charge in [0.1, 0.15) is 5.82 Å². The van der Waals surface area contributed by atoms with Crippen LogP contribution in [0, 0.1) is 5.82 Å². The van der Waals surface area contributed by atoms with Gasteiger partial charge >= 0.3 is 0 Å². The smallest absolute Gasteiger partial charge is 0.123 e. The lowest BCUT2D eigenvalue weighted by Gasteiger charge is -2.08. The third kappa shape index (κ3) is 3.32. The molecule has 20 heavy (non-hydrogen) atoms. The first kappa shape index (κ1) is 14.3. The number of benzene rings is 1. The fourth-order valence-electron chi connectivity index (χ4n) is 2.82. The summed E-state index contributed by atoms with van der Waals surface area (Å²) in [6.07, 6.45) is 7.31. The van der Waals surface area contributed by atoms with Gasteiger partial charge in [0.05, 0.1) is 4.83 Å². The first-order valence-corrected chi connectivity index (χ1v) is 8.95. The van der Waals surface area contributed by atoms with Crippen molar-refractivity contribution in [2.24, 2.45) is 0 Å². The molecule has 0 amide bonds. The molecule has 1 aromatic heterocycles. The van der Waals surface area contributed by atoms with Crippen LogP contribution in [0.5, 0.6) is 0 Å². The van der Waals surface area contributed by atoms with Crippen molar-refractivity contribution in [1.82, 2.24) is 0 Å². The number of halogens is 2. The first-order chi connectivity index (χ1) is 9.72. The Bertz CT molecular complexity index is 567. The summed E-state index contributed by atoms with van der Waals surface area (Å²) in [5, 5.41) is 0. The van der Waals surface area contributed by atoms with Crippen molar-refractivity contribution in [1.29, 1.82) is 0 Å². The topological polar surface area (TPSA) is 0 Å². The molecular formula is C17H18BrFS. The molecule has 0 aliphatic heterocycles. The Balaban J connectivity index is 1.75. The highest BCUT2D eigenvalue weighted by molar-refractivity contribution is 9.09. The molecule has 1 aliphatic rings. The highest BCUT2D eigenvalue weighted by Crippen LogP contribution is 2.37. The molecule has 0 nitrogen and oxygen atoms in total. The molecule has 1 atom stereocenters. The molecule has 0 N–H and O–H groups in total. The van der Waals surface area contributed by atoms with E-state index in [1.165, 1.54) is 43.0 Å². The Morgan fingerprint density at radius 1 is 1.15 bits per heavy atom. The minimum atomic E-state index is -0.149. The first-order valence-electron chi connectivity index (χ1n) is 7.22. The SMILES string of the molecule is Fc1cccc(CC(Br)c2cc3c(s2)CCCCC3)c1. The zero-order valence-corrected chi connectivity index (χ0v) is 13.8. The van der Waals surface area contributed by atoms with Gasteiger partial charge in [-0.2, -0.15) is 0 Å². The summed E-state index contributed by atoms with van der Waals surface area (Å²) in [7, 11) is 0. The van der Waals surface area contributed by atoms with Gasteiger partial charge in [-0.15, -0.1) is 11.3 Å². The zero-order chi connectivity index (χ0) is 13.9. The predicted molar refractivity (Wildman–Crippen MR) is 87.4 cm³/mol. The van der Waals surface area contributed by atoms with Crippen molar-refractivity contribution in [3.63, 3.8) is 0 Å².